The Hall–Kier alpha value is -2.17. The zero-order valence-electron chi connectivity index (χ0n) is 19.2. The number of aliphatic hydroxyl groups is 1. The fourth-order valence-electron chi connectivity index (χ4n) is 5.03. The number of aliphatic hydroxyl groups excluding tert-OH is 1. The lowest BCUT2D eigenvalue weighted by Crippen LogP contribution is -2.62. The molecule has 184 valence electrons. The lowest BCUT2D eigenvalue weighted by Gasteiger charge is -2.49. The van der Waals surface area contributed by atoms with Crippen LogP contribution < -0.4 is 16.4 Å². The monoisotopic (exact) mass is 507 g/mol. The van der Waals surface area contributed by atoms with E-state index in [1.165, 1.54) is 5.56 Å². The van der Waals surface area contributed by atoms with E-state index in [0.717, 1.165) is 37.5 Å². The highest BCUT2D eigenvalue weighted by Gasteiger charge is 2.38. The van der Waals surface area contributed by atoms with Crippen LogP contribution in [0.1, 0.15) is 35.8 Å². The summed E-state index contributed by atoms with van der Waals surface area (Å²) in [6, 6.07) is 8.17. The average molecular weight is 508 g/mol. The number of hydrogen-bond donors (Lipinski definition) is 3. The molecule has 3 atom stereocenters. The Morgan fingerprint density at radius 3 is 2.53 bits per heavy atom. The number of benzene rings is 1. The van der Waals surface area contributed by atoms with Gasteiger partial charge in [-0.1, -0.05) is 42.3 Å². The van der Waals surface area contributed by atoms with E-state index in [-0.39, 0.29) is 28.7 Å². The lowest BCUT2D eigenvalue weighted by atomic mass is 9.95. The standard InChI is InChI=1S/C23H31Cl2N7O2/c1-2-16-12-31(23-20(25)28-19(22(27)34)21(26)29-23)9-10-32(16)17-7-8-30(13-18(17)33)11-14-3-5-15(24)6-4-14/h3-6,16-18,33H,2,7-13H2,1H3,(H2,26,29)(H2,27,34)/t16-,17-,18-/m0/s1. The van der Waals surface area contributed by atoms with Gasteiger partial charge >= 0.3 is 0 Å². The predicted octanol–water partition coefficient (Wildman–Crippen LogP) is 2.00. The van der Waals surface area contributed by atoms with Crippen molar-refractivity contribution in [2.24, 2.45) is 5.73 Å². The average Bonchev–Trinajstić information content (AvgIpc) is 2.81. The number of nitrogens with zero attached hydrogens (tertiary/aromatic N) is 5. The maximum Gasteiger partial charge on any atom is 0.271 e. The fourth-order valence-corrected chi connectivity index (χ4v) is 5.40. The number of carbonyl (C=O) groups excluding carboxylic acids is 1. The van der Waals surface area contributed by atoms with Crippen LogP contribution in [0.4, 0.5) is 11.6 Å². The van der Waals surface area contributed by atoms with E-state index >= 15 is 0 Å². The first-order chi connectivity index (χ1) is 16.3. The van der Waals surface area contributed by atoms with Crippen molar-refractivity contribution in [3.8, 4) is 0 Å². The number of rotatable bonds is 6. The molecule has 11 heteroatoms. The summed E-state index contributed by atoms with van der Waals surface area (Å²) in [5.41, 5.74) is 12.3. The minimum atomic E-state index is -0.758. The first-order valence-electron chi connectivity index (χ1n) is 11.5. The number of primary amides is 1. The van der Waals surface area contributed by atoms with Crippen LogP contribution in [0.15, 0.2) is 24.3 Å². The Morgan fingerprint density at radius 1 is 1.15 bits per heavy atom. The molecule has 2 aliphatic heterocycles. The van der Waals surface area contributed by atoms with Gasteiger partial charge in [0.1, 0.15) is 0 Å². The molecule has 9 nitrogen and oxygen atoms in total. The van der Waals surface area contributed by atoms with Gasteiger partial charge in [0.15, 0.2) is 22.5 Å². The summed E-state index contributed by atoms with van der Waals surface area (Å²) in [7, 11) is 0. The van der Waals surface area contributed by atoms with E-state index in [2.05, 4.69) is 26.7 Å². The largest absolute Gasteiger partial charge is 0.390 e. The Balaban J connectivity index is 1.40. The third-order valence-electron chi connectivity index (χ3n) is 6.77. The first-order valence-corrected chi connectivity index (χ1v) is 12.3. The van der Waals surface area contributed by atoms with Gasteiger partial charge in [-0.25, -0.2) is 9.97 Å². The van der Waals surface area contributed by atoms with Crippen LogP contribution in [0, 0.1) is 0 Å². The van der Waals surface area contributed by atoms with Crippen molar-refractivity contribution < 1.29 is 9.90 Å². The second-order valence-electron chi connectivity index (χ2n) is 8.97. The minimum Gasteiger partial charge on any atom is -0.390 e. The molecule has 0 radical (unpaired) electrons. The number of amides is 1. The number of aromatic nitrogens is 2. The highest BCUT2D eigenvalue weighted by Crippen LogP contribution is 2.30. The van der Waals surface area contributed by atoms with E-state index in [4.69, 9.17) is 34.7 Å². The highest BCUT2D eigenvalue weighted by atomic mass is 35.5. The zero-order chi connectivity index (χ0) is 24.4. The van der Waals surface area contributed by atoms with Gasteiger partial charge < -0.3 is 21.5 Å². The first kappa shape index (κ1) is 24.9. The molecule has 1 aromatic carbocycles. The van der Waals surface area contributed by atoms with E-state index in [1.807, 2.05) is 29.2 Å². The fraction of sp³-hybridized carbons (Fsp3) is 0.522. The van der Waals surface area contributed by atoms with Crippen molar-refractivity contribution >= 4 is 40.7 Å². The topological polar surface area (TPSA) is 125 Å². The van der Waals surface area contributed by atoms with Crippen LogP contribution in [0.5, 0.6) is 0 Å². The molecular formula is C23H31Cl2N7O2. The smallest absolute Gasteiger partial charge is 0.271 e. The molecule has 1 aromatic heterocycles. The van der Waals surface area contributed by atoms with E-state index in [1.54, 1.807) is 0 Å². The van der Waals surface area contributed by atoms with Crippen LogP contribution >= 0.6 is 23.2 Å². The van der Waals surface area contributed by atoms with Gasteiger partial charge in [-0.05, 0) is 30.5 Å². The van der Waals surface area contributed by atoms with Gasteiger partial charge in [-0.2, -0.15) is 0 Å². The summed E-state index contributed by atoms with van der Waals surface area (Å²) >= 11 is 12.3. The molecule has 0 aliphatic carbocycles. The molecule has 5 N–H and O–H groups in total. The molecule has 34 heavy (non-hydrogen) atoms. The van der Waals surface area contributed by atoms with Crippen LogP contribution in [0.3, 0.4) is 0 Å². The van der Waals surface area contributed by atoms with Gasteiger partial charge in [0.2, 0.25) is 0 Å². The minimum absolute atomic E-state index is 0.0224. The van der Waals surface area contributed by atoms with E-state index in [0.29, 0.717) is 25.5 Å². The second kappa shape index (κ2) is 10.6. The summed E-state index contributed by atoms with van der Waals surface area (Å²) in [6.45, 7) is 6.59. The molecule has 0 bridgehead atoms. The Bertz CT molecular complexity index is 1020. The predicted molar refractivity (Wildman–Crippen MR) is 134 cm³/mol. The number of carbonyl (C=O) groups is 1. The maximum atomic E-state index is 11.5. The van der Waals surface area contributed by atoms with Crippen molar-refractivity contribution in [3.05, 3.63) is 45.7 Å². The number of hydrogen-bond acceptors (Lipinski definition) is 8. The molecule has 2 fully saturated rings. The molecule has 0 spiro atoms. The Kier molecular flexibility index (Phi) is 7.79. The van der Waals surface area contributed by atoms with Gasteiger partial charge in [0.25, 0.3) is 5.91 Å². The van der Waals surface area contributed by atoms with Crippen molar-refractivity contribution in [2.45, 2.75) is 44.5 Å². The summed E-state index contributed by atoms with van der Waals surface area (Å²) in [5.74, 6) is -0.322. The number of nitrogen functional groups attached to an aromatic ring is 1. The third kappa shape index (κ3) is 5.39. The number of halogens is 2. The number of piperazine rings is 1. The number of β-amino-alcohol motifs (C(OH)–C–C–N with tert-alkyl or cyclic N) is 1. The normalized spacial score (nSPS) is 24.4. The van der Waals surface area contributed by atoms with Crippen molar-refractivity contribution in [1.29, 1.82) is 0 Å². The van der Waals surface area contributed by atoms with Crippen molar-refractivity contribution in [1.82, 2.24) is 19.8 Å². The molecule has 3 heterocycles. The molecule has 4 rings (SSSR count). The van der Waals surface area contributed by atoms with Crippen LogP contribution in [-0.2, 0) is 6.54 Å². The third-order valence-corrected chi connectivity index (χ3v) is 7.28. The molecule has 2 aliphatic rings. The lowest BCUT2D eigenvalue weighted by molar-refractivity contribution is -0.0350. The molecule has 0 unspecified atom stereocenters. The number of anilines is 2. The molecule has 2 aromatic rings. The number of nitrogens with two attached hydrogens (primary N) is 2. The van der Waals surface area contributed by atoms with Crippen LogP contribution in [0.2, 0.25) is 10.2 Å². The number of likely N-dealkylation sites (tertiary alicyclic amines) is 1. The van der Waals surface area contributed by atoms with E-state index < -0.39 is 12.0 Å². The molecule has 1 amide bonds. The maximum absolute atomic E-state index is 11.5. The molecule has 0 saturated carbocycles. The van der Waals surface area contributed by atoms with Crippen LogP contribution in [0.25, 0.3) is 0 Å². The van der Waals surface area contributed by atoms with Gasteiger partial charge in [0, 0.05) is 56.4 Å². The molecule has 2 saturated heterocycles. The summed E-state index contributed by atoms with van der Waals surface area (Å²) in [6.07, 6.45) is 1.37. The zero-order valence-corrected chi connectivity index (χ0v) is 20.7. The summed E-state index contributed by atoms with van der Waals surface area (Å²) < 4.78 is 0. The SMILES string of the molecule is CC[C@H]1CN(c2nc(N)c(C(N)=O)nc2Cl)CCN1[C@H]1CCN(Cc2ccc(Cl)cc2)C[C@@H]1O. The summed E-state index contributed by atoms with van der Waals surface area (Å²) in [5, 5.41) is 11.9. The summed E-state index contributed by atoms with van der Waals surface area (Å²) in [4.78, 5) is 26.6. The number of piperidine rings is 1. The Morgan fingerprint density at radius 2 is 1.88 bits per heavy atom. The van der Waals surface area contributed by atoms with Crippen molar-refractivity contribution in [2.75, 3.05) is 43.4 Å². The van der Waals surface area contributed by atoms with Crippen LogP contribution in [-0.4, -0.2) is 81.7 Å². The Labute approximate surface area is 209 Å². The van der Waals surface area contributed by atoms with Crippen molar-refractivity contribution in [3.63, 3.8) is 0 Å². The highest BCUT2D eigenvalue weighted by molar-refractivity contribution is 6.32. The van der Waals surface area contributed by atoms with E-state index in [9.17, 15) is 9.90 Å². The van der Waals surface area contributed by atoms with Gasteiger partial charge in [-0.3, -0.25) is 14.6 Å². The quantitative estimate of drug-likeness (QED) is 0.541. The second-order valence-corrected chi connectivity index (χ2v) is 9.76. The van der Waals surface area contributed by atoms with Gasteiger partial charge in [-0.15, -0.1) is 0 Å². The van der Waals surface area contributed by atoms with Gasteiger partial charge in [0.05, 0.1) is 6.10 Å². The molecular weight excluding hydrogens is 477 g/mol.